The van der Waals surface area contributed by atoms with Crippen LogP contribution < -0.4 is 0 Å². The first-order valence-electron chi connectivity index (χ1n) is 8.73. The SMILES string of the molecule is Oc1cccc(CC[C@H]2CCCCN2CCc2ccccn2)c1. The van der Waals surface area contributed by atoms with E-state index >= 15 is 0 Å². The van der Waals surface area contributed by atoms with Crippen LogP contribution in [0.1, 0.15) is 36.9 Å². The Morgan fingerprint density at radius 3 is 2.87 bits per heavy atom. The van der Waals surface area contributed by atoms with Gasteiger partial charge in [-0.3, -0.25) is 9.88 Å². The zero-order chi connectivity index (χ0) is 15.9. The fraction of sp³-hybridized carbons (Fsp3) is 0.450. The predicted octanol–water partition coefficient (Wildman–Crippen LogP) is 3.82. The monoisotopic (exact) mass is 310 g/mol. The maximum atomic E-state index is 9.59. The molecule has 23 heavy (non-hydrogen) atoms. The summed E-state index contributed by atoms with van der Waals surface area (Å²) in [6.07, 6.45) is 9.07. The maximum absolute atomic E-state index is 9.59. The molecule has 2 heterocycles. The van der Waals surface area contributed by atoms with Gasteiger partial charge in [0.15, 0.2) is 0 Å². The Morgan fingerprint density at radius 2 is 2.04 bits per heavy atom. The van der Waals surface area contributed by atoms with Crippen LogP contribution in [0.5, 0.6) is 5.75 Å². The number of pyridine rings is 1. The van der Waals surface area contributed by atoms with Gasteiger partial charge < -0.3 is 5.11 Å². The zero-order valence-corrected chi connectivity index (χ0v) is 13.7. The Balaban J connectivity index is 1.53. The van der Waals surface area contributed by atoms with Gasteiger partial charge >= 0.3 is 0 Å². The van der Waals surface area contributed by atoms with Crippen LogP contribution in [-0.2, 0) is 12.8 Å². The normalized spacial score (nSPS) is 18.9. The number of benzene rings is 1. The molecule has 1 aromatic heterocycles. The third-order valence-corrected chi connectivity index (χ3v) is 4.81. The second-order valence-corrected chi connectivity index (χ2v) is 6.47. The molecule has 0 spiro atoms. The highest BCUT2D eigenvalue weighted by Crippen LogP contribution is 2.22. The summed E-state index contributed by atoms with van der Waals surface area (Å²) >= 11 is 0. The highest BCUT2D eigenvalue weighted by atomic mass is 16.3. The van der Waals surface area contributed by atoms with Gasteiger partial charge in [0.2, 0.25) is 0 Å². The lowest BCUT2D eigenvalue weighted by Gasteiger charge is -2.36. The molecule has 1 aliphatic rings. The van der Waals surface area contributed by atoms with E-state index in [1.807, 2.05) is 24.4 Å². The number of phenolic OH excluding ortho intramolecular Hbond substituents is 1. The van der Waals surface area contributed by atoms with Crippen LogP contribution in [0.2, 0.25) is 0 Å². The highest BCUT2D eigenvalue weighted by Gasteiger charge is 2.21. The largest absolute Gasteiger partial charge is 0.508 e. The summed E-state index contributed by atoms with van der Waals surface area (Å²) in [6.45, 7) is 2.30. The van der Waals surface area contributed by atoms with Gasteiger partial charge in [0.1, 0.15) is 5.75 Å². The first-order valence-corrected chi connectivity index (χ1v) is 8.73. The van der Waals surface area contributed by atoms with Crippen LogP contribution in [0.3, 0.4) is 0 Å². The second-order valence-electron chi connectivity index (χ2n) is 6.47. The third-order valence-electron chi connectivity index (χ3n) is 4.81. The Hall–Kier alpha value is -1.87. The van der Waals surface area contributed by atoms with E-state index in [0.717, 1.165) is 19.4 Å². The molecule has 1 fully saturated rings. The molecular formula is C20H26N2O. The van der Waals surface area contributed by atoms with Crippen molar-refractivity contribution in [2.24, 2.45) is 0 Å². The smallest absolute Gasteiger partial charge is 0.115 e. The second kappa shape index (κ2) is 8.11. The zero-order valence-electron chi connectivity index (χ0n) is 13.7. The fourth-order valence-electron chi connectivity index (χ4n) is 3.53. The predicted molar refractivity (Wildman–Crippen MR) is 93.6 cm³/mol. The van der Waals surface area contributed by atoms with E-state index in [2.05, 4.69) is 28.1 Å². The van der Waals surface area contributed by atoms with Gasteiger partial charge in [0.25, 0.3) is 0 Å². The summed E-state index contributed by atoms with van der Waals surface area (Å²) in [4.78, 5) is 7.08. The van der Waals surface area contributed by atoms with Gasteiger partial charge in [0, 0.05) is 30.9 Å². The van der Waals surface area contributed by atoms with Crippen LogP contribution in [0.4, 0.5) is 0 Å². The lowest BCUT2D eigenvalue weighted by molar-refractivity contribution is 0.142. The molecule has 2 aromatic rings. The van der Waals surface area contributed by atoms with Crippen molar-refractivity contribution in [1.82, 2.24) is 9.88 Å². The maximum Gasteiger partial charge on any atom is 0.115 e. The van der Waals surface area contributed by atoms with E-state index < -0.39 is 0 Å². The van der Waals surface area contributed by atoms with Crippen LogP contribution in [0.15, 0.2) is 48.7 Å². The van der Waals surface area contributed by atoms with E-state index in [-0.39, 0.29) is 0 Å². The molecule has 0 aliphatic carbocycles. The van der Waals surface area contributed by atoms with Crippen molar-refractivity contribution >= 4 is 0 Å². The van der Waals surface area contributed by atoms with Crippen LogP contribution in [0, 0.1) is 0 Å². The number of likely N-dealkylation sites (tertiary alicyclic amines) is 1. The molecule has 3 heteroatoms. The number of hydrogen-bond donors (Lipinski definition) is 1. The van der Waals surface area contributed by atoms with Crippen molar-refractivity contribution in [3.8, 4) is 5.75 Å². The summed E-state index contributed by atoms with van der Waals surface area (Å²) in [5.74, 6) is 0.373. The summed E-state index contributed by atoms with van der Waals surface area (Å²) in [7, 11) is 0. The van der Waals surface area contributed by atoms with Gasteiger partial charge in [-0.05, 0) is 62.1 Å². The molecule has 3 rings (SSSR count). The molecule has 3 nitrogen and oxygen atoms in total. The van der Waals surface area contributed by atoms with Crippen molar-refractivity contribution in [2.75, 3.05) is 13.1 Å². The molecule has 0 saturated carbocycles. The number of hydrogen-bond acceptors (Lipinski definition) is 3. The molecule has 1 aromatic carbocycles. The minimum absolute atomic E-state index is 0.373. The highest BCUT2D eigenvalue weighted by molar-refractivity contribution is 5.27. The summed E-state index contributed by atoms with van der Waals surface area (Å²) in [5, 5.41) is 9.59. The molecule has 0 unspecified atom stereocenters. The van der Waals surface area contributed by atoms with E-state index in [9.17, 15) is 5.11 Å². The standard InChI is InChI=1S/C20H26N2O/c23-20-9-5-6-17(16-20)10-11-19-8-2-4-14-22(19)15-12-18-7-1-3-13-21-18/h1,3,5-7,9,13,16,19,23H,2,4,8,10-12,14-15H2/t19-/m1/s1. The van der Waals surface area contributed by atoms with Crippen LogP contribution in [-0.4, -0.2) is 34.1 Å². The van der Waals surface area contributed by atoms with Gasteiger partial charge in [-0.25, -0.2) is 0 Å². The minimum Gasteiger partial charge on any atom is -0.508 e. The molecule has 1 saturated heterocycles. The first kappa shape index (κ1) is 16.0. The number of aryl methyl sites for hydroxylation is 1. The van der Waals surface area contributed by atoms with E-state index in [4.69, 9.17) is 0 Å². The lowest BCUT2D eigenvalue weighted by Crippen LogP contribution is -2.41. The van der Waals surface area contributed by atoms with Crippen molar-refractivity contribution in [2.45, 2.75) is 44.6 Å². The topological polar surface area (TPSA) is 36.4 Å². The van der Waals surface area contributed by atoms with E-state index in [0.29, 0.717) is 11.8 Å². The van der Waals surface area contributed by atoms with Crippen molar-refractivity contribution in [3.05, 3.63) is 59.9 Å². The molecule has 1 atom stereocenters. The number of aromatic hydroxyl groups is 1. The molecular weight excluding hydrogens is 284 g/mol. The summed E-state index contributed by atoms with van der Waals surface area (Å²) in [5.41, 5.74) is 2.42. The number of piperidine rings is 1. The van der Waals surface area contributed by atoms with Gasteiger partial charge in [-0.2, -0.15) is 0 Å². The van der Waals surface area contributed by atoms with Crippen LogP contribution in [0.25, 0.3) is 0 Å². The van der Waals surface area contributed by atoms with Crippen molar-refractivity contribution in [1.29, 1.82) is 0 Å². The third kappa shape index (κ3) is 4.80. The quantitative estimate of drug-likeness (QED) is 0.881. The van der Waals surface area contributed by atoms with Crippen molar-refractivity contribution < 1.29 is 5.11 Å². The molecule has 122 valence electrons. The molecule has 0 amide bonds. The summed E-state index contributed by atoms with van der Waals surface area (Å²) < 4.78 is 0. The number of nitrogens with zero attached hydrogens (tertiary/aromatic N) is 2. The van der Waals surface area contributed by atoms with Crippen molar-refractivity contribution in [3.63, 3.8) is 0 Å². The molecule has 1 N–H and O–H groups in total. The Labute approximate surface area is 139 Å². The minimum atomic E-state index is 0.373. The average Bonchev–Trinajstić information content (AvgIpc) is 2.60. The van der Waals surface area contributed by atoms with Crippen LogP contribution >= 0.6 is 0 Å². The molecule has 1 aliphatic heterocycles. The lowest BCUT2D eigenvalue weighted by atomic mass is 9.95. The number of rotatable bonds is 6. The number of aromatic nitrogens is 1. The molecule has 0 bridgehead atoms. The Morgan fingerprint density at radius 1 is 1.09 bits per heavy atom. The average molecular weight is 310 g/mol. The van der Waals surface area contributed by atoms with Gasteiger partial charge in [-0.1, -0.05) is 24.6 Å². The Kier molecular flexibility index (Phi) is 5.65. The van der Waals surface area contributed by atoms with E-state index in [1.54, 1.807) is 6.07 Å². The van der Waals surface area contributed by atoms with Gasteiger partial charge in [-0.15, -0.1) is 0 Å². The first-order chi connectivity index (χ1) is 11.3. The molecule has 0 radical (unpaired) electrons. The van der Waals surface area contributed by atoms with E-state index in [1.165, 1.54) is 43.5 Å². The summed E-state index contributed by atoms with van der Waals surface area (Å²) in [6, 6.07) is 14.5. The fourth-order valence-corrected chi connectivity index (χ4v) is 3.53. The van der Waals surface area contributed by atoms with Gasteiger partial charge in [0.05, 0.1) is 0 Å². The Bertz CT molecular complexity index is 600. The number of phenols is 1.